The molecule has 1 fully saturated rings. The fourth-order valence-corrected chi connectivity index (χ4v) is 2.38. The molecule has 1 saturated heterocycles. The first-order valence-corrected chi connectivity index (χ1v) is 5.69. The van der Waals surface area contributed by atoms with E-state index in [0.29, 0.717) is 32.0 Å². The van der Waals surface area contributed by atoms with Crippen molar-refractivity contribution in [3.8, 4) is 0 Å². The van der Waals surface area contributed by atoms with E-state index in [0.717, 1.165) is 0 Å². The summed E-state index contributed by atoms with van der Waals surface area (Å²) >= 11 is 1.59. The van der Waals surface area contributed by atoms with E-state index in [2.05, 4.69) is 0 Å². The van der Waals surface area contributed by atoms with Gasteiger partial charge in [0.25, 0.3) is 0 Å². The number of carbonyl (C=O) groups is 1. The minimum absolute atomic E-state index is 0.134. The monoisotopic (exact) mass is 220 g/mol. The molecule has 82 valence electrons. The van der Waals surface area contributed by atoms with E-state index in [1.165, 1.54) is 0 Å². The summed E-state index contributed by atoms with van der Waals surface area (Å²) in [6.07, 6.45) is 0.380. The van der Waals surface area contributed by atoms with Crippen molar-refractivity contribution in [2.75, 3.05) is 32.2 Å². The Kier molecular flexibility index (Phi) is 4.71. The van der Waals surface area contributed by atoms with Crippen LogP contribution in [0.25, 0.3) is 0 Å². The van der Waals surface area contributed by atoms with Gasteiger partial charge in [-0.1, -0.05) is 0 Å². The Morgan fingerprint density at radius 1 is 1.64 bits per heavy atom. The predicted octanol–water partition coefficient (Wildman–Crippen LogP) is 0.434. The van der Waals surface area contributed by atoms with Gasteiger partial charge < -0.3 is 14.6 Å². The topological polar surface area (TPSA) is 55.8 Å². The fraction of sp³-hybridized carbons (Fsp3) is 0.889. The quantitative estimate of drug-likeness (QED) is 0.658. The van der Waals surface area contributed by atoms with Gasteiger partial charge in [-0.05, 0) is 6.92 Å². The Bertz CT molecular complexity index is 191. The Morgan fingerprint density at radius 2 is 2.36 bits per heavy atom. The van der Waals surface area contributed by atoms with Crippen LogP contribution in [0.2, 0.25) is 0 Å². The summed E-state index contributed by atoms with van der Waals surface area (Å²) in [7, 11) is 0. The van der Waals surface area contributed by atoms with Crippen molar-refractivity contribution in [1.29, 1.82) is 0 Å². The van der Waals surface area contributed by atoms with Crippen LogP contribution in [0.5, 0.6) is 0 Å². The average Bonchev–Trinajstić information content (AvgIpc) is 2.10. The summed E-state index contributed by atoms with van der Waals surface area (Å²) in [6, 6.07) is 0. The van der Waals surface area contributed by atoms with Crippen LogP contribution in [-0.2, 0) is 14.3 Å². The van der Waals surface area contributed by atoms with E-state index in [1.54, 1.807) is 18.7 Å². The van der Waals surface area contributed by atoms with Gasteiger partial charge in [-0.3, -0.25) is 4.79 Å². The molecule has 0 radical (unpaired) electrons. The third-order valence-electron chi connectivity index (χ3n) is 2.00. The van der Waals surface area contributed by atoms with Crippen LogP contribution in [0.1, 0.15) is 13.3 Å². The minimum atomic E-state index is -0.179. The number of carbonyl (C=O) groups excluding carboxylic acids is 1. The molecular formula is C9H16O4S. The van der Waals surface area contributed by atoms with E-state index in [1.807, 2.05) is 0 Å². The van der Waals surface area contributed by atoms with Crippen LogP contribution in [0.15, 0.2) is 0 Å². The van der Waals surface area contributed by atoms with E-state index < -0.39 is 0 Å². The molecule has 1 N–H and O–H groups in total. The number of thioether (sulfide) groups is 1. The number of rotatable bonds is 6. The van der Waals surface area contributed by atoms with Crippen molar-refractivity contribution in [2.45, 2.75) is 18.1 Å². The maximum atomic E-state index is 11.3. The molecule has 1 aliphatic heterocycles. The zero-order chi connectivity index (χ0) is 10.4. The van der Waals surface area contributed by atoms with Gasteiger partial charge in [-0.25, -0.2) is 0 Å². The van der Waals surface area contributed by atoms with Gasteiger partial charge in [0, 0.05) is 5.75 Å². The van der Waals surface area contributed by atoms with Crippen molar-refractivity contribution in [1.82, 2.24) is 0 Å². The van der Waals surface area contributed by atoms with Crippen LogP contribution in [-0.4, -0.2) is 48.0 Å². The number of aliphatic hydroxyl groups is 1. The number of hydrogen-bond donors (Lipinski definition) is 1. The van der Waals surface area contributed by atoms with Crippen LogP contribution in [0.4, 0.5) is 0 Å². The van der Waals surface area contributed by atoms with Crippen LogP contribution in [0.3, 0.4) is 0 Å². The van der Waals surface area contributed by atoms with Gasteiger partial charge in [0.2, 0.25) is 0 Å². The van der Waals surface area contributed by atoms with Gasteiger partial charge in [-0.2, -0.15) is 0 Å². The smallest absolute Gasteiger partial charge is 0.307 e. The third kappa shape index (κ3) is 3.15. The molecule has 0 unspecified atom stereocenters. The standard InChI is InChI=1S/C9H16O4S/c1-2-13-8(11)5-9(6-12-7-9)14-4-3-10/h10H,2-7H2,1H3. The molecule has 0 amide bonds. The van der Waals surface area contributed by atoms with Crippen LogP contribution in [0, 0.1) is 0 Å². The van der Waals surface area contributed by atoms with Crippen molar-refractivity contribution in [3.05, 3.63) is 0 Å². The molecule has 0 aromatic heterocycles. The second-order valence-electron chi connectivity index (χ2n) is 3.23. The SMILES string of the molecule is CCOC(=O)CC1(SCCO)COC1. The molecule has 0 aromatic carbocycles. The summed E-state index contributed by atoms with van der Waals surface area (Å²) in [5.41, 5.74) is 0. The lowest BCUT2D eigenvalue weighted by Gasteiger charge is -2.39. The lowest BCUT2D eigenvalue weighted by molar-refractivity contribution is -0.146. The molecule has 1 rings (SSSR count). The summed E-state index contributed by atoms with van der Waals surface area (Å²) in [5.74, 6) is 0.462. The molecule has 0 atom stereocenters. The highest BCUT2D eigenvalue weighted by Gasteiger charge is 2.41. The largest absolute Gasteiger partial charge is 0.466 e. The van der Waals surface area contributed by atoms with E-state index in [9.17, 15) is 4.79 Å². The van der Waals surface area contributed by atoms with Crippen molar-refractivity contribution < 1.29 is 19.4 Å². The van der Waals surface area contributed by atoms with Gasteiger partial charge in [0.1, 0.15) is 0 Å². The molecule has 1 aliphatic rings. The number of ether oxygens (including phenoxy) is 2. The second-order valence-corrected chi connectivity index (χ2v) is 4.79. The summed E-state index contributed by atoms with van der Waals surface area (Å²) in [5, 5.41) is 8.71. The maximum absolute atomic E-state index is 11.3. The summed E-state index contributed by atoms with van der Waals surface area (Å²) in [6.45, 7) is 3.51. The van der Waals surface area contributed by atoms with Crippen molar-refractivity contribution in [2.24, 2.45) is 0 Å². The van der Waals surface area contributed by atoms with Crippen LogP contribution >= 0.6 is 11.8 Å². The summed E-state index contributed by atoms with van der Waals surface area (Å²) < 4.78 is 9.84. The zero-order valence-corrected chi connectivity index (χ0v) is 9.14. The van der Waals surface area contributed by atoms with Gasteiger partial charge in [0.15, 0.2) is 0 Å². The molecule has 0 aromatic rings. The van der Waals surface area contributed by atoms with Crippen molar-refractivity contribution in [3.63, 3.8) is 0 Å². The van der Waals surface area contributed by atoms with Gasteiger partial charge >= 0.3 is 5.97 Å². The molecular weight excluding hydrogens is 204 g/mol. The predicted molar refractivity (Wildman–Crippen MR) is 54.3 cm³/mol. The first-order valence-electron chi connectivity index (χ1n) is 4.70. The number of esters is 1. The summed E-state index contributed by atoms with van der Waals surface area (Å²) in [4.78, 5) is 11.3. The maximum Gasteiger partial charge on any atom is 0.307 e. The van der Waals surface area contributed by atoms with E-state index >= 15 is 0 Å². The molecule has 0 aliphatic carbocycles. The zero-order valence-electron chi connectivity index (χ0n) is 8.32. The Hall–Kier alpha value is -0.260. The first-order chi connectivity index (χ1) is 6.72. The lowest BCUT2D eigenvalue weighted by atomic mass is 10.0. The highest BCUT2D eigenvalue weighted by molar-refractivity contribution is 8.00. The molecule has 14 heavy (non-hydrogen) atoms. The molecule has 5 heteroatoms. The van der Waals surface area contributed by atoms with Crippen molar-refractivity contribution >= 4 is 17.7 Å². The highest BCUT2D eigenvalue weighted by Crippen LogP contribution is 2.36. The first kappa shape index (κ1) is 11.8. The van der Waals surface area contributed by atoms with Gasteiger partial charge in [0.05, 0.1) is 37.6 Å². The van der Waals surface area contributed by atoms with Gasteiger partial charge in [-0.15, -0.1) is 11.8 Å². The van der Waals surface area contributed by atoms with Crippen LogP contribution < -0.4 is 0 Å². The number of aliphatic hydroxyl groups excluding tert-OH is 1. The highest BCUT2D eigenvalue weighted by atomic mass is 32.2. The Balaban J connectivity index is 2.33. The molecule has 0 spiro atoms. The second kappa shape index (κ2) is 5.58. The third-order valence-corrected chi connectivity index (χ3v) is 3.38. The molecule has 0 bridgehead atoms. The molecule has 0 saturated carbocycles. The normalized spacial score (nSPS) is 18.7. The van der Waals surface area contributed by atoms with E-state index in [4.69, 9.17) is 14.6 Å². The Labute approximate surface area is 88.0 Å². The Morgan fingerprint density at radius 3 is 2.79 bits per heavy atom. The molecule has 1 heterocycles. The number of hydrogen-bond acceptors (Lipinski definition) is 5. The lowest BCUT2D eigenvalue weighted by Crippen LogP contribution is -2.48. The van der Waals surface area contributed by atoms with E-state index in [-0.39, 0.29) is 17.3 Å². The molecule has 4 nitrogen and oxygen atoms in total. The minimum Gasteiger partial charge on any atom is -0.466 e. The average molecular weight is 220 g/mol. The fourth-order valence-electron chi connectivity index (χ4n) is 1.30.